The zero-order valence-corrected chi connectivity index (χ0v) is 16.3. The number of aromatic nitrogens is 1. The van der Waals surface area contributed by atoms with Gasteiger partial charge >= 0.3 is 5.97 Å². The molecule has 0 saturated heterocycles. The van der Waals surface area contributed by atoms with Gasteiger partial charge in [-0.3, -0.25) is 4.79 Å². The summed E-state index contributed by atoms with van der Waals surface area (Å²) in [4.78, 5) is 27.3. The minimum absolute atomic E-state index is 0.167. The van der Waals surface area contributed by atoms with Gasteiger partial charge < -0.3 is 24.5 Å². The van der Waals surface area contributed by atoms with E-state index in [1.165, 1.54) is 32.4 Å². The molecular weight excluding hydrogens is 398 g/mol. The first-order chi connectivity index (χ1) is 13.9. The monoisotopic (exact) mass is 413 g/mol. The Bertz CT molecular complexity index is 1130. The van der Waals surface area contributed by atoms with Crippen LogP contribution in [-0.4, -0.2) is 37.7 Å². The van der Waals surface area contributed by atoms with Gasteiger partial charge in [-0.2, -0.15) is 5.26 Å². The first kappa shape index (κ1) is 20.0. The first-order valence-corrected chi connectivity index (χ1v) is 8.74. The van der Waals surface area contributed by atoms with E-state index in [1.807, 2.05) is 6.07 Å². The minimum Gasteiger partial charge on any atom is -0.497 e. The van der Waals surface area contributed by atoms with E-state index < -0.39 is 18.5 Å². The van der Waals surface area contributed by atoms with E-state index in [0.717, 1.165) is 0 Å². The summed E-state index contributed by atoms with van der Waals surface area (Å²) in [5.41, 5.74) is 1.46. The second-order valence-corrected chi connectivity index (χ2v) is 6.31. The number of nitriles is 1. The molecule has 0 atom stereocenters. The molecule has 2 N–H and O–H groups in total. The third-order valence-corrected chi connectivity index (χ3v) is 4.36. The number of H-pyrrole nitrogens is 1. The van der Waals surface area contributed by atoms with Crippen molar-refractivity contribution in [1.82, 2.24) is 4.98 Å². The van der Waals surface area contributed by atoms with Crippen molar-refractivity contribution in [2.45, 2.75) is 0 Å². The highest BCUT2D eigenvalue weighted by atomic mass is 35.5. The Labute approximate surface area is 170 Å². The number of esters is 1. The number of aromatic amines is 1. The Morgan fingerprint density at radius 1 is 1.17 bits per heavy atom. The zero-order chi connectivity index (χ0) is 21.0. The van der Waals surface area contributed by atoms with E-state index in [0.29, 0.717) is 33.7 Å². The van der Waals surface area contributed by atoms with Crippen molar-refractivity contribution in [3.05, 3.63) is 52.7 Å². The van der Waals surface area contributed by atoms with Crippen LogP contribution >= 0.6 is 11.6 Å². The number of carbonyl (C=O) groups is 2. The summed E-state index contributed by atoms with van der Waals surface area (Å²) in [5.74, 6) is -0.160. The number of hydrogen-bond donors (Lipinski definition) is 2. The van der Waals surface area contributed by atoms with Crippen molar-refractivity contribution in [1.29, 1.82) is 5.26 Å². The SMILES string of the molecule is COc1cc(OC)c2[nH]c(C(=O)OCC(=O)Nc3ccc(C#N)c(Cl)c3)cc2c1. The molecule has 9 heteroatoms. The molecule has 0 aliphatic heterocycles. The van der Waals surface area contributed by atoms with Crippen molar-refractivity contribution in [2.75, 3.05) is 26.1 Å². The molecule has 0 unspecified atom stereocenters. The number of benzene rings is 2. The molecule has 3 aromatic rings. The van der Waals surface area contributed by atoms with E-state index in [1.54, 1.807) is 18.2 Å². The van der Waals surface area contributed by atoms with Crippen LogP contribution in [0.1, 0.15) is 16.1 Å². The number of carbonyl (C=O) groups excluding carboxylic acids is 2. The standard InChI is InChI=1S/C20H16ClN3O5/c1-27-14-5-12-6-16(24-19(12)17(8-14)28-2)20(26)29-10-18(25)23-13-4-3-11(9-22)15(21)7-13/h3-8,24H,10H2,1-2H3,(H,23,25). The third-order valence-electron chi connectivity index (χ3n) is 4.05. The van der Waals surface area contributed by atoms with Crippen LogP contribution in [0, 0.1) is 11.3 Å². The van der Waals surface area contributed by atoms with Gasteiger partial charge in [-0.25, -0.2) is 4.79 Å². The molecule has 3 rings (SSSR count). The van der Waals surface area contributed by atoms with Crippen LogP contribution in [0.15, 0.2) is 36.4 Å². The van der Waals surface area contributed by atoms with Gasteiger partial charge in [0.1, 0.15) is 23.3 Å². The number of amides is 1. The fraction of sp³-hybridized carbons (Fsp3) is 0.150. The van der Waals surface area contributed by atoms with Gasteiger partial charge in [0.15, 0.2) is 6.61 Å². The summed E-state index contributed by atoms with van der Waals surface area (Å²) in [6.45, 7) is -0.494. The summed E-state index contributed by atoms with van der Waals surface area (Å²) in [7, 11) is 3.04. The summed E-state index contributed by atoms with van der Waals surface area (Å²) in [5, 5.41) is 12.3. The fourth-order valence-electron chi connectivity index (χ4n) is 2.66. The van der Waals surface area contributed by atoms with E-state index in [9.17, 15) is 9.59 Å². The lowest BCUT2D eigenvalue weighted by Gasteiger charge is -2.07. The number of methoxy groups -OCH3 is 2. The predicted octanol–water partition coefficient (Wildman–Crippen LogP) is 3.51. The first-order valence-electron chi connectivity index (χ1n) is 8.36. The maximum absolute atomic E-state index is 12.3. The van der Waals surface area contributed by atoms with Crippen molar-refractivity contribution < 1.29 is 23.8 Å². The largest absolute Gasteiger partial charge is 0.497 e. The smallest absolute Gasteiger partial charge is 0.355 e. The van der Waals surface area contributed by atoms with Crippen LogP contribution in [-0.2, 0) is 9.53 Å². The molecule has 0 fully saturated rings. The lowest BCUT2D eigenvalue weighted by molar-refractivity contribution is -0.119. The van der Waals surface area contributed by atoms with Gasteiger partial charge in [0.2, 0.25) is 0 Å². The number of nitrogens with one attached hydrogen (secondary N) is 2. The number of rotatable bonds is 6. The van der Waals surface area contributed by atoms with E-state index >= 15 is 0 Å². The predicted molar refractivity (Wildman–Crippen MR) is 106 cm³/mol. The van der Waals surface area contributed by atoms with Crippen LogP contribution in [0.4, 0.5) is 5.69 Å². The highest BCUT2D eigenvalue weighted by molar-refractivity contribution is 6.32. The van der Waals surface area contributed by atoms with Crippen LogP contribution < -0.4 is 14.8 Å². The Morgan fingerprint density at radius 2 is 1.97 bits per heavy atom. The second-order valence-electron chi connectivity index (χ2n) is 5.91. The van der Waals surface area contributed by atoms with E-state index in [4.69, 9.17) is 31.1 Å². The van der Waals surface area contributed by atoms with Gasteiger partial charge in [0.25, 0.3) is 5.91 Å². The maximum atomic E-state index is 12.3. The highest BCUT2D eigenvalue weighted by Crippen LogP contribution is 2.31. The topological polar surface area (TPSA) is 113 Å². The summed E-state index contributed by atoms with van der Waals surface area (Å²) in [6, 6.07) is 11.4. The molecule has 0 saturated carbocycles. The van der Waals surface area contributed by atoms with E-state index in [2.05, 4.69) is 10.3 Å². The molecule has 1 heterocycles. The van der Waals surface area contributed by atoms with Crippen LogP contribution in [0.25, 0.3) is 10.9 Å². The van der Waals surface area contributed by atoms with Crippen LogP contribution in [0.3, 0.4) is 0 Å². The average molecular weight is 414 g/mol. The molecule has 1 aromatic heterocycles. The number of hydrogen-bond acceptors (Lipinski definition) is 6. The Hall–Kier alpha value is -3.70. The molecule has 0 aliphatic rings. The molecule has 8 nitrogen and oxygen atoms in total. The Balaban J connectivity index is 1.66. The average Bonchev–Trinajstić information content (AvgIpc) is 3.15. The van der Waals surface area contributed by atoms with Crippen LogP contribution in [0.2, 0.25) is 5.02 Å². The van der Waals surface area contributed by atoms with Gasteiger partial charge in [-0.05, 0) is 30.3 Å². The molecule has 1 amide bonds. The lowest BCUT2D eigenvalue weighted by atomic mass is 10.2. The summed E-state index contributed by atoms with van der Waals surface area (Å²) >= 11 is 5.92. The summed E-state index contributed by atoms with van der Waals surface area (Å²) < 4.78 is 15.6. The van der Waals surface area contributed by atoms with Gasteiger partial charge in [0, 0.05) is 17.1 Å². The van der Waals surface area contributed by atoms with Gasteiger partial charge in [-0.1, -0.05) is 11.6 Å². The Morgan fingerprint density at radius 3 is 2.62 bits per heavy atom. The van der Waals surface area contributed by atoms with Gasteiger partial charge in [-0.15, -0.1) is 0 Å². The Kier molecular flexibility index (Phi) is 5.90. The number of nitrogens with zero attached hydrogens (tertiary/aromatic N) is 1. The second kappa shape index (κ2) is 8.54. The van der Waals surface area contributed by atoms with E-state index in [-0.39, 0.29) is 10.7 Å². The van der Waals surface area contributed by atoms with Crippen molar-refractivity contribution in [3.63, 3.8) is 0 Å². The highest BCUT2D eigenvalue weighted by Gasteiger charge is 2.16. The minimum atomic E-state index is -0.699. The molecule has 0 spiro atoms. The molecule has 0 aliphatic carbocycles. The molecular formula is C20H16ClN3O5. The van der Waals surface area contributed by atoms with Crippen molar-refractivity contribution in [2.24, 2.45) is 0 Å². The zero-order valence-electron chi connectivity index (χ0n) is 15.5. The molecule has 2 aromatic carbocycles. The molecule has 29 heavy (non-hydrogen) atoms. The number of fused-ring (bicyclic) bond motifs is 1. The third kappa shape index (κ3) is 4.42. The van der Waals surface area contributed by atoms with Crippen molar-refractivity contribution >= 4 is 40.1 Å². The fourth-order valence-corrected chi connectivity index (χ4v) is 2.89. The normalized spacial score (nSPS) is 10.3. The molecule has 0 radical (unpaired) electrons. The molecule has 148 valence electrons. The number of ether oxygens (including phenoxy) is 3. The number of halogens is 1. The van der Waals surface area contributed by atoms with Gasteiger partial charge in [0.05, 0.1) is 30.3 Å². The quantitative estimate of drug-likeness (QED) is 0.598. The summed E-state index contributed by atoms with van der Waals surface area (Å²) in [6.07, 6.45) is 0. The molecule has 0 bridgehead atoms. The maximum Gasteiger partial charge on any atom is 0.355 e. The van der Waals surface area contributed by atoms with Crippen LogP contribution in [0.5, 0.6) is 11.5 Å². The van der Waals surface area contributed by atoms with Crippen molar-refractivity contribution in [3.8, 4) is 17.6 Å². The lowest BCUT2D eigenvalue weighted by Crippen LogP contribution is -2.21. The number of anilines is 1.